The largest absolute Gasteiger partial charge is 0.481 e. The molecule has 202 valence electrons. The molecule has 0 aromatic carbocycles. The van der Waals surface area contributed by atoms with Crippen LogP contribution in [0.1, 0.15) is 110 Å². The Labute approximate surface area is 217 Å². The van der Waals surface area contributed by atoms with Gasteiger partial charge in [0.1, 0.15) is 0 Å². The van der Waals surface area contributed by atoms with Gasteiger partial charge in [0.25, 0.3) is 0 Å². The lowest BCUT2D eigenvalue weighted by atomic mass is 9.44. The number of rotatable bonds is 9. The number of aryl methyl sites for hydroxylation is 2. The van der Waals surface area contributed by atoms with Gasteiger partial charge in [0.15, 0.2) is 0 Å². The average Bonchev–Trinajstić information content (AvgIpc) is 3.43. The van der Waals surface area contributed by atoms with Gasteiger partial charge in [-0.3, -0.25) is 9.48 Å². The summed E-state index contributed by atoms with van der Waals surface area (Å²) in [6, 6.07) is 0. The van der Waals surface area contributed by atoms with E-state index in [0.717, 1.165) is 67.0 Å². The Balaban J connectivity index is 1.15. The van der Waals surface area contributed by atoms with Crippen LogP contribution in [0.3, 0.4) is 0 Å². The Hall–Kier alpha value is -1.43. The molecule has 4 aliphatic rings. The summed E-state index contributed by atoms with van der Waals surface area (Å²) in [6.07, 6.45) is 17.5. The van der Waals surface area contributed by atoms with Crippen molar-refractivity contribution in [2.45, 2.75) is 123 Å². The maximum Gasteiger partial charge on any atom is 0.303 e. The highest BCUT2D eigenvalue weighted by atomic mass is 16.4. The highest BCUT2D eigenvalue weighted by molar-refractivity contribution is 5.66. The first-order chi connectivity index (χ1) is 17.2. The quantitative estimate of drug-likeness (QED) is 0.427. The van der Waals surface area contributed by atoms with Crippen LogP contribution in [0.5, 0.6) is 0 Å². The number of nitrogens with zero attached hydrogens (tertiary/aromatic N) is 3. The second-order valence-electron chi connectivity index (χ2n) is 13.7. The van der Waals surface area contributed by atoms with Crippen LogP contribution in [0.15, 0.2) is 6.20 Å². The van der Waals surface area contributed by atoms with Gasteiger partial charge in [-0.25, -0.2) is 0 Å². The van der Waals surface area contributed by atoms with E-state index in [0.29, 0.717) is 23.7 Å². The van der Waals surface area contributed by atoms with E-state index < -0.39 is 5.97 Å². The monoisotopic (exact) mass is 499 g/mol. The number of aliphatic hydroxyl groups excluding tert-OH is 1. The minimum atomic E-state index is -0.747. The van der Waals surface area contributed by atoms with Gasteiger partial charge in [-0.05, 0) is 130 Å². The van der Waals surface area contributed by atoms with E-state index in [2.05, 4.69) is 31.1 Å². The van der Waals surface area contributed by atoms with E-state index in [4.69, 9.17) is 5.11 Å². The molecule has 6 nitrogen and oxygen atoms in total. The summed E-state index contributed by atoms with van der Waals surface area (Å²) in [5.74, 6) is 4.27. The van der Waals surface area contributed by atoms with E-state index >= 15 is 0 Å². The van der Waals surface area contributed by atoms with E-state index in [1.54, 1.807) is 0 Å². The van der Waals surface area contributed by atoms with E-state index in [9.17, 15) is 9.90 Å². The summed E-state index contributed by atoms with van der Waals surface area (Å²) < 4.78 is 1.95. The number of hydrogen-bond donors (Lipinski definition) is 2. The topological polar surface area (TPSA) is 88.2 Å². The van der Waals surface area contributed by atoms with Gasteiger partial charge in [0.05, 0.1) is 11.8 Å². The molecular weight excluding hydrogens is 450 g/mol. The van der Waals surface area contributed by atoms with Crippen molar-refractivity contribution in [1.29, 1.82) is 0 Å². The molecule has 6 heteroatoms. The number of aromatic nitrogens is 3. The number of hydrogen-bond acceptors (Lipinski definition) is 4. The minimum absolute atomic E-state index is 0.0498. The van der Waals surface area contributed by atoms with Crippen LogP contribution in [0, 0.1) is 46.3 Å². The van der Waals surface area contributed by atoms with Crippen molar-refractivity contribution in [2.24, 2.45) is 46.3 Å². The molecule has 0 aliphatic heterocycles. The van der Waals surface area contributed by atoms with Crippen molar-refractivity contribution in [3.05, 3.63) is 11.9 Å². The number of aliphatic hydroxyl groups is 1. The molecule has 0 spiro atoms. The fourth-order valence-electron chi connectivity index (χ4n) is 9.97. The SMILES string of the molecule is CC(CCCn1cc(CCCC(=O)O)nn1)C1CC[C@H]2C3CC[C@@H]4C[C@H](O)CC[C@]4(C)[C@@H]3CC[C@]12C. The summed E-state index contributed by atoms with van der Waals surface area (Å²) in [5, 5.41) is 27.6. The van der Waals surface area contributed by atoms with Crippen molar-refractivity contribution in [3.63, 3.8) is 0 Å². The van der Waals surface area contributed by atoms with Gasteiger partial charge >= 0.3 is 5.97 Å². The van der Waals surface area contributed by atoms with Crippen molar-refractivity contribution >= 4 is 5.97 Å². The average molecular weight is 500 g/mol. The predicted molar refractivity (Wildman–Crippen MR) is 140 cm³/mol. The van der Waals surface area contributed by atoms with Gasteiger partial charge in [-0.1, -0.05) is 26.0 Å². The van der Waals surface area contributed by atoms with Gasteiger partial charge < -0.3 is 10.2 Å². The molecule has 1 aromatic heterocycles. The van der Waals surface area contributed by atoms with Crippen molar-refractivity contribution in [3.8, 4) is 0 Å². The zero-order chi connectivity index (χ0) is 25.5. The summed E-state index contributed by atoms with van der Waals surface area (Å²) in [5.41, 5.74) is 1.88. The second-order valence-corrected chi connectivity index (χ2v) is 13.7. The molecule has 0 radical (unpaired) electrons. The normalized spacial score (nSPS) is 40.8. The molecule has 4 saturated carbocycles. The lowest BCUT2D eigenvalue weighted by Gasteiger charge is -2.61. The van der Waals surface area contributed by atoms with Crippen molar-refractivity contribution in [2.75, 3.05) is 0 Å². The van der Waals surface area contributed by atoms with Crippen LogP contribution in [0.2, 0.25) is 0 Å². The fraction of sp³-hybridized carbons (Fsp3) is 0.900. The van der Waals surface area contributed by atoms with Gasteiger partial charge in [0.2, 0.25) is 0 Å². The number of carbonyl (C=O) groups is 1. The maximum absolute atomic E-state index is 10.7. The fourth-order valence-corrected chi connectivity index (χ4v) is 9.97. The minimum Gasteiger partial charge on any atom is -0.481 e. The van der Waals surface area contributed by atoms with Crippen LogP contribution < -0.4 is 0 Å². The molecule has 4 fully saturated rings. The van der Waals surface area contributed by atoms with Gasteiger partial charge in [-0.2, -0.15) is 0 Å². The highest BCUT2D eigenvalue weighted by Gasteiger charge is 2.60. The molecule has 0 amide bonds. The smallest absolute Gasteiger partial charge is 0.303 e. The molecule has 0 saturated heterocycles. The van der Waals surface area contributed by atoms with Crippen molar-refractivity contribution in [1.82, 2.24) is 15.0 Å². The number of fused-ring (bicyclic) bond motifs is 5. The molecule has 9 atom stereocenters. The van der Waals surface area contributed by atoms with Crippen LogP contribution in [0.25, 0.3) is 0 Å². The zero-order valence-electron chi connectivity index (χ0n) is 22.9. The van der Waals surface area contributed by atoms with E-state index in [1.807, 2.05) is 10.9 Å². The van der Waals surface area contributed by atoms with Gasteiger partial charge in [0, 0.05) is 19.2 Å². The van der Waals surface area contributed by atoms with E-state index in [-0.39, 0.29) is 12.5 Å². The molecule has 1 heterocycles. The van der Waals surface area contributed by atoms with Crippen LogP contribution in [0.4, 0.5) is 0 Å². The third kappa shape index (κ3) is 4.88. The molecule has 36 heavy (non-hydrogen) atoms. The maximum atomic E-state index is 10.7. The third-order valence-corrected chi connectivity index (χ3v) is 11.9. The highest BCUT2D eigenvalue weighted by Crippen LogP contribution is 2.68. The first-order valence-electron chi connectivity index (χ1n) is 15.0. The molecule has 4 aliphatic carbocycles. The molecule has 2 N–H and O–H groups in total. The lowest BCUT2D eigenvalue weighted by molar-refractivity contribution is -0.137. The molecule has 0 bridgehead atoms. The van der Waals surface area contributed by atoms with Crippen LogP contribution in [-0.4, -0.2) is 37.3 Å². The molecule has 5 rings (SSSR count). The zero-order valence-corrected chi connectivity index (χ0v) is 22.9. The Morgan fingerprint density at radius 3 is 2.67 bits per heavy atom. The summed E-state index contributed by atoms with van der Waals surface area (Å²) in [7, 11) is 0. The third-order valence-electron chi connectivity index (χ3n) is 11.9. The Kier molecular flexibility index (Phi) is 7.55. The predicted octanol–water partition coefficient (Wildman–Crippen LogP) is 6.12. The summed E-state index contributed by atoms with van der Waals surface area (Å²) in [4.78, 5) is 10.7. The Bertz CT molecular complexity index is 917. The standard InChI is InChI=1S/C30H49N3O3/c1-20(6-5-17-33-19-22(31-32-33)7-4-8-28(35)36)25-11-12-26-24-10-9-21-18-23(34)13-15-29(21,2)27(24)14-16-30(25,26)3/h19-21,23-27,34H,4-18H2,1-3H3,(H,35,36)/t20?,21-,23-,24?,25?,26+,27-,29+,30-/m1/s1. The molecule has 3 unspecified atom stereocenters. The molecule has 1 aromatic rings. The first kappa shape index (κ1) is 26.2. The Morgan fingerprint density at radius 1 is 1.08 bits per heavy atom. The Morgan fingerprint density at radius 2 is 1.86 bits per heavy atom. The van der Waals surface area contributed by atoms with E-state index in [1.165, 1.54) is 51.4 Å². The number of carboxylic acid groups (broad SMARTS) is 1. The van der Waals surface area contributed by atoms with Crippen molar-refractivity contribution < 1.29 is 15.0 Å². The van der Waals surface area contributed by atoms with Crippen LogP contribution >= 0.6 is 0 Å². The number of aliphatic carboxylic acids is 1. The molecular formula is C30H49N3O3. The summed E-state index contributed by atoms with van der Waals surface area (Å²) in [6.45, 7) is 8.66. The number of carboxylic acids is 1. The summed E-state index contributed by atoms with van der Waals surface area (Å²) >= 11 is 0. The second kappa shape index (κ2) is 10.4. The lowest BCUT2D eigenvalue weighted by Crippen LogP contribution is -2.54. The van der Waals surface area contributed by atoms with Gasteiger partial charge in [-0.15, -0.1) is 5.10 Å². The van der Waals surface area contributed by atoms with Crippen LogP contribution in [-0.2, 0) is 17.8 Å². The first-order valence-corrected chi connectivity index (χ1v) is 15.0.